The van der Waals surface area contributed by atoms with Gasteiger partial charge in [-0.2, -0.15) is 4.31 Å². The molecule has 0 bridgehead atoms. The molecule has 1 saturated heterocycles. The van der Waals surface area contributed by atoms with Crippen molar-refractivity contribution in [1.82, 2.24) is 13.9 Å². The van der Waals surface area contributed by atoms with Crippen molar-refractivity contribution in [3.63, 3.8) is 0 Å². The fraction of sp³-hybridized carbons (Fsp3) is 0.435. The van der Waals surface area contributed by atoms with Crippen LogP contribution in [0.1, 0.15) is 30.1 Å². The van der Waals surface area contributed by atoms with Gasteiger partial charge in [-0.15, -0.1) is 0 Å². The molecule has 1 aliphatic heterocycles. The Bertz CT molecular complexity index is 1260. The topological polar surface area (TPSA) is 113 Å². The highest BCUT2D eigenvalue weighted by Gasteiger charge is 2.29. The Morgan fingerprint density at radius 1 is 1.06 bits per heavy atom. The molecule has 1 heterocycles. The predicted octanol–water partition coefficient (Wildman–Crippen LogP) is 2.82. The highest BCUT2D eigenvalue weighted by molar-refractivity contribution is 7.89. The Balaban J connectivity index is 1.58. The van der Waals surface area contributed by atoms with Gasteiger partial charge in [-0.05, 0) is 61.2 Å². The zero-order chi connectivity index (χ0) is 25.8. The van der Waals surface area contributed by atoms with Gasteiger partial charge in [0.1, 0.15) is 12.4 Å². The molecular formula is C23H30ClN3O6S2. The van der Waals surface area contributed by atoms with E-state index in [4.69, 9.17) is 16.3 Å². The van der Waals surface area contributed by atoms with E-state index in [-0.39, 0.29) is 33.5 Å². The van der Waals surface area contributed by atoms with E-state index in [9.17, 15) is 21.6 Å². The molecule has 0 saturated carbocycles. The van der Waals surface area contributed by atoms with Crippen LogP contribution in [0.4, 0.5) is 0 Å². The average molecular weight is 544 g/mol. The first-order valence-corrected chi connectivity index (χ1v) is 14.4. The number of halogens is 1. The van der Waals surface area contributed by atoms with Crippen LogP contribution in [0, 0.1) is 5.92 Å². The highest BCUT2D eigenvalue weighted by Crippen LogP contribution is 2.26. The second kappa shape index (κ2) is 11.3. The van der Waals surface area contributed by atoms with Crippen molar-refractivity contribution in [2.24, 2.45) is 5.92 Å². The number of hydrogen-bond donors (Lipinski definition) is 1. The predicted molar refractivity (Wildman–Crippen MR) is 134 cm³/mol. The second-order valence-corrected chi connectivity index (χ2v) is 13.1. The molecule has 0 aromatic heterocycles. The third-order valence-corrected chi connectivity index (χ3v) is 9.88. The molecule has 0 unspecified atom stereocenters. The molecule has 9 nitrogen and oxygen atoms in total. The van der Waals surface area contributed by atoms with Gasteiger partial charge in [0.05, 0.1) is 26.9 Å². The van der Waals surface area contributed by atoms with E-state index in [2.05, 4.69) is 12.2 Å². The molecule has 1 N–H and O–H groups in total. The van der Waals surface area contributed by atoms with Crippen LogP contribution in [0.3, 0.4) is 0 Å². The molecule has 0 atom stereocenters. The van der Waals surface area contributed by atoms with Crippen molar-refractivity contribution < 1.29 is 26.4 Å². The normalized spacial score (nSPS) is 15.8. The second-order valence-electron chi connectivity index (χ2n) is 8.59. The molecule has 1 amide bonds. The number of benzene rings is 2. The number of amides is 1. The Labute approximate surface area is 212 Å². The van der Waals surface area contributed by atoms with Gasteiger partial charge in [0.15, 0.2) is 0 Å². The van der Waals surface area contributed by atoms with Crippen LogP contribution >= 0.6 is 11.6 Å². The maximum Gasteiger partial charge on any atom is 0.252 e. The summed E-state index contributed by atoms with van der Waals surface area (Å²) >= 11 is 6.18. The van der Waals surface area contributed by atoms with E-state index >= 15 is 0 Å². The van der Waals surface area contributed by atoms with Crippen LogP contribution in [0.2, 0.25) is 5.02 Å². The summed E-state index contributed by atoms with van der Waals surface area (Å²) in [6.07, 6.45) is 1.60. The van der Waals surface area contributed by atoms with E-state index < -0.39 is 26.0 Å². The van der Waals surface area contributed by atoms with Gasteiger partial charge in [0, 0.05) is 27.2 Å². The van der Waals surface area contributed by atoms with Gasteiger partial charge in [0.25, 0.3) is 5.91 Å². The fourth-order valence-electron chi connectivity index (χ4n) is 3.56. The SMILES string of the molecule is CC1CCN(S(=O)(=O)c2ccc(Cl)c(C(=O)NCCOc3ccc(S(=O)(=O)N(C)C)cc3)c2)CC1. The van der Waals surface area contributed by atoms with Crippen LogP contribution in [0.25, 0.3) is 0 Å². The number of nitrogens with zero attached hydrogens (tertiary/aromatic N) is 2. The van der Waals surface area contributed by atoms with Crippen molar-refractivity contribution in [3.8, 4) is 5.75 Å². The number of carbonyl (C=O) groups excluding carboxylic acids is 1. The van der Waals surface area contributed by atoms with Crippen molar-refractivity contribution >= 4 is 37.6 Å². The first-order valence-electron chi connectivity index (χ1n) is 11.2. The zero-order valence-electron chi connectivity index (χ0n) is 19.9. The van der Waals surface area contributed by atoms with E-state index in [0.29, 0.717) is 24.8 Å². The summed E-state index contributed by atoms with van der Waals surface area (Å²) in [5, 5.41) is 2.81. The summed E-state index contributed by atoms with van der Waals surface area (Å²) in [4.78, 5) is 12.8. The van der Waals surface area contributed by atoms with E-state index in [1.54, 1.807) is 0 Å². The standard InChI is InChI=1S/C23H30ClN3O6S2/c1-17-10-13-27(14-11-17)35(31,32)20-8-9-22(24)21(16-20)23(28)25-12-15-33-18-4-6-19(7-5-18)34(29,30)26(2)3/h4-9,16-17H,10-15H2,1-3H3,(H,25,28). The summed E-state index contributed by atoms with van der Waals surface area (Å²) in [6.45, 7) is 3.25. The van der Waals surface area contributed by atoms with Gasteiger partial charge in [0.2, 0.25) is 20.0 Å². The zero-order valence-corrected chi connectivity index (χ0v) is 22.3. The summed E-state index contributed by atoms with van der Waals surface area (Å²) in [7, 11) is -4.34. The molecular weight excluding hydrogens is 514 g/mol. The minimum absolute atomic E-state index is 0.0330. The molecule has 2 aromatic rings. The number of rotatable bonds is 9. The average Bonchev–Trinajstić information content (AvgIpc) is 2.82. The van der Waals surface area contributed by atoms with Gasteiger partial charge >= 0.3 is 0 Å². The van der Waals surface area contributed by atoms with E-state index in [0.717, 1.165) is 17.1 Å². The van der Waals surface area contributed by atoms with Crippen LogP contribution in [-0.4, -0.2) is 71.7 Å². The lowest BCUT2D eigenvalue weighted by Gasteiger charge is -2.29. The van der Waals surface area contributed by atoms with Crippen molar-refractivity contribution in [3.05, 3.63) is 53.1 Å². The number of piperidine rings is 1. The minimum Gasteiger partial charge on any atom is -0.492 e. The molecule has 12 heteroatoms. The molecule has 1 aliphatic rings. The van der Waals surface area contributed by atoms with Crippen molar-refractivity contribution in [2.45, 2.75) is 29.6 Å². The molecule has 0 aliphatic carbocycles. The Hall–Kier alpha value is -2.18. The smallest absolute Gasteiger partial charge is 0.252 e. The van der Waals surface area contributed by atoms with Gasteiger partial charge in [-0.25, -0.2) is 21.1 Å². The van der Waals surface area contributed by atoms with E-state index in [1.807, 2.05) is 0 Å². The molecule has 2 aromatic carbocycles. The van der Waals surface area contributed by atoms with Gasteiger partial charge in [-0.1, -0.05) is 18.5 Å². The number of ether oxygens (including phenoxy) is 1. The van der Waals surface area contributed by atoms with E-state index in [1.165, 1.54) is 60.9 Å². The molecule has 0 spiro atoms. The lowest BCUT2D eigenvalue weighted by Crippen LogP contribution is -2.38. The molecule has 192 valence electrons. The molecule has 35 heavy (non-hydrogen) atoms. The first-order chi connectivity index (χ1) is 16.4. The summed E-state index contributed by atoms with van der Waals surface area (Å²) in [5.41, 5.74) is 0.0661. The number of hydrogen-bond acceptors (Lipinski definition) is 6. The third-order valence-electron chi connectivity index (χ3n) is 5.82. The summed E-state index contributed by atoms with van der Waals surface area (Å²) in [5.74, 6) is 0.411. The molecule has 1 fully saturated rings. The Morgan fingerprint density at radius 3 is 2.26 bits per heavy atom. The molecule has 3 rings (SSSR count). The number of carbonyl (C=O) groups is 1. The molecule has 0 radical (unpaired) electrons. The van der Waals surface area contributed by atoms with Crippen LogP contribution in [0.15, 0.2) is 52.3 Å². The number of nitrogens with one attached hydrogen (secondary N) is 1. The minimum atomic E-state index is -3.71. The van der Waals surface area contributed by atoms with Crippen molar-refractivity contribution in [2.75, 3.05) is 40.3 Å². The largest absolute Gasteiger partial charge is 0.492 e. The summed E-state index contributed by atoms with van der Waals surface area (Å²) in [6, 6.07) is 10.1. The quantitative estimate of drug-likeness (QED) is 0.487. The Kier molecular flexibility index (Phi) is 8.81. The lowest BCUT2D eigenvalue weighted by molar-refractivity contribution is 0.0947. The maximum absolute atomic E-state index is 13.0. The fourth-order valence-corrected chi connectivity index (χ4v) is 6.16. The number of sulfonamides is 2. The van der Waals surface area contributed by atoms with Crippen LogP contribution in [-0.2, 0) is 20.0 Å². The van der Waals surface area contributed by atoms with Gasteiger partial charge in [-0.3, -0.25) is 4.79 Å². The van der Waals surface area contributed by atoms with Crippen molar-refractivity contribution in [1.29, 1.82) is 0 Å². The first kappa shape index (κ1) is 27.4. The monoisotopic (exact) mass is 543 g/mol. The lowest BCUT2D eigenvalue weighted by atomic mass is 10.0. The maximum atomic E-state index is 13.0. The Morgan fingerprint density at radius 2 is 1.66 bits per heavy atom. The highest BCUT2D eigenvalue weighted by atomic mass is 35.5. The third kappa shape index (κ3) is 6.53. The summed E-state index contributed by atoms with van der Waals surface area (Å²) < 4.78 is 58.4. The van der Waals surface area contributed by atoms with Gasteiger partial charge < -0.3 is 10.1 Å². The van der Waals surface area contributed by atoms with Crippen LogP contribution < -0.4 is 10.1 Å². The van der Waals surface area contributed by atoms with Crippen LogP contribution in [0.5, 0.6) is 5.75 Å².